The van der Waals surface area contributed by atoms with E-state index in [-0.39, 0.29) is 0 Å². The number of para-hydroxylation sites is 1. The first-order chi connectivity index (χ1) is 13.8. The van der Waals surface area contributed by atoms with Crippen LogP contribution < -0.4 is 4.90 Å². The van der Waals surface area contributed by atoms with Gasteiger partial charge in [0.2, 0.25) is 0 Å². The standard InChI is InChI=1S/C26H30FN/c27-25(17-10-16-23-12-4-1-5-13-23)18-11-21-28(26-19-8-3-9-20-26)22-24-14-6-2-7-15-24/h1-9,12-15,19-20,25H,10-11,16-18,21-22H2. The molecule has 1 atom stereocenters. The molecule has 1 unspecified atom stereocenters. The Morgan fingerprint density at radius 3 is 1.82 bits per heavy atom. The van der Waals surface area contributed by atoms with Crippen LogP contribution in [0, 0.1) is 0 Å². The van der Waals surface area contributed by atoms with E-state index in [0.717, 1.165) is 32.4 Å². The number of anilines is 1. The van der Waals surface area contributed by atoms with Gasteiger partial charge in [-0.25, -0.2) is 4.39 Å². The second kappa shape index (κ2) is 11.3. The van der Waals surface area contributed by atoms with Crippen molar-refractivity contribution in [2.24, 2.45) is 0 Å². The molecule has 0 heterocycles. The van der Waals surface area contributed by atoms with Crippen LogP contribution in [0.3, 0.4) is 0 Å². The fourth-order valence-electron chi connectivity index (χ4n) is 3.56. The van der Waals surface area contributed by atoms with Gasteiger partial charge in [0.1, 0.15) is 6.17 Å². The van der Waals surface area contributed by atoms with Crippen LogP contribution in [-0.4, -0.2) is 12.7 Å². The number of halogens is 1. The summed E-state index contributed by atoms with van der Waals surface area (Å²) < 4.78 is 14.4. The SMILES string of the molecule is FC(CCCc1ccccc1)CCCN(Cc1ccccc1)c1ccccc1. The number of aryl methyl sites for hydroxylation is 1. The molecule has 3 aromatic rings. The summed E-state index contributed by atoms with van der Waals surface area (Å²) in [5.74, 6) is 0. The zero-order valence-electron chi connectivity index (χ0n) is 16.5. The number of benzene rings is 3. The van der Waals surface area contributed by atoms with Gasteiger partial charge >= 0.3 is 0 Å². The normalized spacial score (nSPS) is 11.9. The minimum atomic E-state index is -0.710. The molecule has 0 bridgehead atoms. The van der Waals surface area contributed by atoms with Gasteiger partial charge in [-0.05, 0) is 55.4 Å². The van der Waals surface area contributed by atoms with E-state index >= 15 is 0 Å². The third kappa shape index (κ3) is 6.84. The first-order valence-corrected chi connectivity index (χ1v) is 10.3. The molecule has 3 aromatic carbocycles. The van der Waals surface area contributed by atoms with Gasteiger partial charge in [-0.3, -0.25) is 0 Å². The third-order valence-corrected chi connectivity index (χ3v) is 5.11. The molecule has 2 heteroatoms. The quantitative estimate of drug-likeness (QED) is 0.355. The largest absolute Gasteiger partial charge is 0.367 e. The van der Waals surface area contributed by atoms with E-state index in [1.165, 1.54) is 16.8 Å². The molecular formula is C26H30FN. The highest BCUT2D eigenvalue weighted by Crippen LogP contribution is 2.19. The first-order valence-electron chi connectivity index (χ1n) is 10.3. The summed E-state index contributed by atoms with van der Waals surface area (Å²) in [7, 11) is 0. The van der Waals surface area contributed by atoms with E-state index in [2.05, 4.69) is 65.6 Å². The Morgan fingerprint density at radius 1 is 0.643 bits per heavy atom. The van der Waals surface area contributed by atoms with Crippen molar-refractivity contribution in [3.05, 3.63) is 102 Å². The van der Waals surface area contributed by atoms with Crippen molar-refractivity contribution < 1.29 is 4.39 Å². The lowest BCUT2D eigenvalue weighted by Gasteiger charge is -2.25. The summed E-state index contributed by atoms with van der Waals surface area (Å²) in [6, 6.07) is 31.3. The van der Waals surface area contributed by atoms with E-state index in [4.69, 9.17) is 0 Å². The summed E-state index contributed by atoms with van der Waals surface area (Å²) >= 11 is 0. The van der Waals surface area contributed by atoms with E-state index in [9.17, 15) is 4.39 Å². The molecule has 0 saturated carbocycles. The number of hydrogen-bond acceptors (Lipinski definition) is 1. The van der Waals surface area contributed by atoms with Gasteiger partial charge < -0.3 is 4.90 Å². The molecule has 0 aliphatic rings. The van der Waals surface area contributed by atoms with Crippen molar-refractivity contribution >= 4 is 5.69 Å². The average molecular weight is 376 g/mol. The molecular weight excluding hydrogens is 345 g/mol. The minimum absolute atomic E-state index is 0.632. The summed E-state index contributed by atoms with van der Waals surface area (Å²) in [6.07, 6.45) is 3.32. The van der Waals surface area contributed by atoms with Gasteiger partial charge in [-0.1, -0.05) is 78.9 Å². The number of rotatable bonds is 11. The predicted octanol–water partition coefficient (Wildman–Crippen LogP) is 6.83. The van der Waals surface area contributed by atoms with Gasteiger partial charge in [0.05, 0.1) is 0 Å². The maximum Gasteiger partial charge on any atom is 0.100 e. The van der Waals surface area contributed by atoms with E-state index in [0.29, 0.717) is 12.8 Å². The van der Waals surface area contributed by atoms with Crippen LogP contribution in [0.2, 0.25) is 0 Å². The lowest BCUT2D eigenvalue weighted by Crippen LogP contribution is -2.24. The van der Waals surface area contributed by atoms with E-state index < -0.39 is 6.17 Å². The molecule has 0 spiro atoms. The molecule has 0 radical (unpaired) electrons. The van der Waals surface area contributed by atoms with Gasteiger partial charge in [0, 0.05) is 18.8 Å². The zero-order valence-corrected chi connectivity index (χ0v) is 16.5. The Morgan fingerprint density at radius 2 is 1.18 bits per heavy atom. The van der Waals surface area contributed by atoms with Crippen molar-refractivity contribution in [2.75, 3.05) is 11.4 Å². The Labute approximate surface area is 168 Å². The lowest BCUT2D eigenvalue weighted by atomic mass is 10.0. The van der Waals surface area contributed by atoms with Gasteiger partial charge in [0.15, 0.2) is 0 Å². The zero-order chi connectivity index (χ0) is 19.4. The Bertz CT molecular complexity index is 773. The highest BCUT2D eigenvalue weighted by atomic mass is 19.1. The second-order valence-corrected chi connectivity index (χ2v) is 7.36. The highest BCUT2D eigenvalue weighted by molar-refractivity contribution is 5.46. The maximum atomic E-state index is 14.4. The molecule has 3 rings (SSSR count). The number of alkyl halides is 1. The number of nitrogens with zero attached hydrogens (tertiary/aromatic N) is 1. The average Bonchev–Trinajstić information content (AvgIpc) is 2.75. The van der Waals surface area contributed by atoms with Crippen molar-refractivity contribution in [2.45, 2.75) is 44.8 Å². The van der Waals surface area contributed by atoms with Gasteiger partial charge in [0.25, 0.3) is 0 Å². The molecule has 0 aliphatic heterocycles. The fraction of sp³-hybridized carbons (Fsp3) is 0.308. The molecule has 0 aromatic heterocycles. The lowest BCUT2D eigenvalue weighted by molar-refractivity contribution is 0.286. The smallest absolute Gasteiger partial charge is 0.100 e. The molecule has 0 aliphatic carbocycles. The van der Waals surface area contributed by atoms with Gasteiger partial charge in [-0.2, -0.15) is 0 Å². The monoisotopic (exact) mass is 375 g/mol. The van der Waals surface area contributed by atoms with Crippen LogP contribution in [0.15, 0.2) is 91.0 Å². The molecule has 0 amide bonds. The molecule has 0 fully saturated rings. The molecule has 1 nitrogen and oxygen atoms in total. The molecule has 0 saturated heterocycles. The van der Waals surface area contributed by atoms with Crippen LogP contribution in [-0.2, 0) is 13.0 Å². The van der Waals surface area contributed by atoms with Crippen molar-refractivity contribution in [1.82, 2.24) is 0 Å². The van der Waals surface area contributed by atoms with Crippen molar-refractivity contribution in [3.63, 3.8) is 0 Å². The predicted molar refractivity (Wildman–Crippen MR) is 117 cm³/mol. The second-order valence-electron chi connectivity index (χ2n) is 7.36. The summed E-state index contributed by atoms with van der Waals surface area (Å²) in [4.78, 5) is 2.35. The number of hydrogen-bond donors (Lipinski definition) is 0. The third-order valence-electron chi connectivity index (χ3n) is 5.11. The highest BCUT2D eigenvalue weighted by Gasteiger charge is 2.10. The summed E-state index contributed by atoms with van der Waals surface area (Å²) in [6.45, 7) is 1.73. The minimum Gasteiger partial charge on any atom is -0.367 e. The Balaban J connectivity index is 1.45. The Kier molecular flexibility index (Phi) is 8.11. The van der Waals surface area contributed by atoms with Crippen LogP contribution in [0.4, 0.5) is 10.1 Å². The van der Waals surface area contributed by atoms with Crippen LogP contribution in [0.25, 0.3) is 0 Å². The van der Waals surface area contributed by atoms with Crippen LogP contribution in [0.5, 0.6) is 0 Å². The first kappa shape index (κ1) is 20.1. The Hall–Kier alpha value is -2.61. The van der Waals surface area contributed by atoms with Crippen LogP contribution >= 0.6 is 0 Å². The summed E-state index contributed by atoms with van der Waals surface area (Å²) in [5.41, 5.74) is 3.78. The molecule has 146 valence electrons. The fourth-order valence-corrected chi connectivity index (χ4v) is 3.56. The van der Waals surface area contributed by atoms with E-state index in [1.54, 1.807) is 0 Å². The van der Waals surface area contributed by atoms with Crippen molar-refractivity contribution in [3.8, 4) is 0 Å². The van der Waals surface area contributed by atoms with Crippen molar-refractivity contribution in [1.29, 1.82) is 0 Å². The van der Waals surface area contributed by atoms with Gasteiger partial charge in [-0.15, -0.1) is 0 Å². The topological polar surface area (TPSA) is 3.24 Å². The molecule has 28 heavy (non-hydrogen) atoms. The molecule has 0 N–H and O–H groups in total. The van der Waals surface area contributed by atoms with Crippen LogP contribution in [0.1, 0.15) is 36.8 Å². The summed E-state index contributed by atoms with van der Waals surface area (Å²) in [5, 5.41) is 0. The maximum absolute atomic E-state index is 14.4. The van der Waals surface area contributed by atoms with E-state index in [1.807, 2.05) is 30.3 Å².